The Hall–Kier alpha value is -4.65. The molecule has 0 aliphatic rings. The Kier molecular flexibility index (Phi) is 7.66. The molecule has 1 heterocycles. The highest BCUT2D eigenvalue weighted by Gasteiger charge is 2.29. The number of sulfonamides is 1. The van der Waals surface area contributed by atoms with Crippen molar-refractivity contribution in [2.75, 3.05) is 4.31 Å². The van der Waals surface area contributed by atoms with E-state index in [9.17, 15) is 8.42 Å². The summed E-state index contributed by atoms with van der Waals surface area (Å²) in [5.74, 6) is 0.259. The first-order valence-corrected chi connectivity index (χ1v) is 15.3. The number of para-hydroxylation sites is 1. The number of nitrogens with zero attached hydrogens (tertiary/aromatic N) is 2. The molecule has 0 bridgehead atoms. The Balaban J connectivity index is 1.78. The molecule has 0 amide bonds. The number of anilines is 1. The van der Waals surface area contributed by atoms with Gasteiger partial charge >= 0.3 is 0 Å². The summed E-state index contributed by atoms with van der Waals surface area (Å²) >= 11 is 6.39. The first-order chi connectivity index (χ1) is 20.4. The molecule has 5 aromatic carbocycles. The van der Waals surface area contributed by atoms with Crippen LogP contribution in [0.5, 0.6) is 0 Å². The van der Waals surface area contributed by atoms with Crippen LogP contribution >= 0.6 is 11.6 Å². The van der Waals surface area contributed by atoms with Gasteiger partial charge in [0.05, 0.1) is 11.4 Å². The summed E-state index contributed by atoms with van der Waals surface area (Å²) in [5, 5.41) is 1.25. The second kappa shape index (κ2) is 11.7. The van der Waals surface area contributed by atoms with Crippen LogP contribution in [0.15, 0.2) is 143 Å². The Labute approximate surface area is 250 Å². The standard InChI is InChI=1S/C35H27ClN2O3S/c1-25-16-19-30(20-17-25)42(39,40)38(24-26-10-4-2-5-11-26)35-31(27-12-6-3-7-13-27)22-28-14-8-9-15-33(28)41-34-23-29(36)18-21-32(34)37-35/h2-23H,24H2,1H3. The third kappa shape index (κ3) is 5.73. The topological polar surface area (TPSA) is 63.4 Å². The highest BCUT2D eigenvalue weighted by Crippen LogP contribution is 2.35. The number of hydrogen-bond donors (Lipinski definition) is 0. The van der Waals surface area contributed by atoms with Crippen LogP contribution in [-0.2, 0) is 16.6 Å². The van der Waals surface area contributed by atoms with Gasteiger partial charge in [0.1, 0.15) is 11.1 Å². The molecule has 0 radical (unpaired) electrons. The largest absolute Gasteiger partial charge is 0.454 e. The molecular formula is C35H27ClN2O3S. The fourth-order valence-corrected chi connectivity index (χ4v) is 6.33. The van der Waals surface area contributed by atoms with E-state index in [1.165, 1.54) is 4.31 Å². The molecule has 1 aromatic heterocycles. The van der Waals surface area contributed by atoms with Crippen LogP contribution in [0, 0.1) is 6.92 Å². The van der Waals surface area contributed by atoms with E-state index in [0.29, 0.717) is 27.3 Å². The smallest absolute Gasteiger partial charge is 0.265 e. The molecule has 7 heteroatoms. The number of aryl methyl sites for hydroxylation is 1. The zero-order valence-corrected chi connectivity index (χ0v) is 24.4. The lowest BCUT2D eigenvalue weighted by Crippen LogP contribution is -2.31. The van der Waals surface area contributed by atoms with Crippen molar-refractivity contribution in [2.45, 2.75) is 18.4 Å². The quantitative estimate of drug-likeness (QED) is 0.194. The molecule has 0 atom stereocenters. The minimum atomic E-state index is -4.09. The molecule has 0 spiro atoms. The van der Waals surface area contributed by atoms with E-state index in [1.54, 1.807) is 42.5 Å². The molecule has 5 nitrogen and oxygen atoms in total. The highest BCUT2D eigenvalue weighted by molar-refractivity contribution is 7.92. The molecule has 0 aliphatic heterocycles. The molecule has 0 fully saturated rings. The average molecular weight is 591 g/mol. The summed E-state index contributed by atoms with van der Waals surface area (Å²) in [6.07, 6.45) is 0. The van der Waals surface area contributed by atoms with Crippen molar-refractivity contribution < 1.29 is 12.8 Å². The van der Waals surface area contributed by atoms with Gasteiger partial charge in [0.25, 0.3) is 10.0 Å². The van der Waals surface area contributed by atoms with E-state index in [1.807, 2.05) is 97.9 Å². The van der Waals surface area contributed by atoms with Crippen LogP contribution in [0.4, 0.5) is 5.82 Å². The minimum absolute atomic E-state index is 0.0610. The number of halogens is 1. The number of benzene rings is 5. The lowest BCUT2D eigenvalue weighted by molar-refractivity contribution is 0.590. The highest BCUT2D eigenvalue weighted by atomic mass is 35.5. The van der Waals surface area contributed by atoms with Gasteiger partial charge in [0, 0.05) is 22.0 Å². The summed E-state index contributed by atoms with van der Waals surface area (Å²) < 4.78 is 36.9. The fourth-order valence-electron chi connectivity index (χ4n) is 4.75. The van der Waals surface area contributed by atoms with Gasteiger partial charge in [-0.05, 0) is 54.4 Å². The Morgan fingerprint density at radius 2 is 1.40 bits per heavy atom. The third-order valence-corrected chi connectivity index (χ3v) is 8.91. The van der Waals surface area contributed by atoms with Crippen LogP contribution < -0.4 is 4.31 Å². The predicted octanol–water partition coefficient (Wildman–Crippen LogP) is 9.13. The van der Waals surface area contributed by atoms with Gasteiger partial charge in [-0.25, -0.2) is 17.7 Å². The third-order valence-electron chi connectivity index (χ3n) is 6.93. The monoisotopic (exact) mass is 590 g/mol. The first-order valence-electron chi connectivity index (χ1n) is 13.4. The summed E-state index contributed by atoms with van der Waals surface area (Å²) in [4.78, 5) is 5.23. The van der Waals surface area contributed by atoms with Gasteiger partial charge in [-0.1, -0.05) is 108 Å². The zero-order chi connectivity index (χ0) is 29.1. The SMILES string of the molecule is Cc1ccc(S(=O)(=O)N(Cc2ccccc2)c2nc3ccc(Cl)cc3oc3ccccc3cc2-c2ccccc2)cc1. The van der Waals surface area contributed by atoms with Crippen molar-refractivity contribution in [3.8, 4) is 11.1 Å². The van der Waals surface area contributed by atoms with E-state index >= 15 is 0 Å². The molecule has 0 saturated carbocycles. The lowest BCUT2D eigenvalue weighted by atomic mass is 10.1. The van der Waals surface area contributed by atoms with Crippen molar-refractivity contribution >= 4 is 49.5 Å². The normalized spacial score (nSPS) is 11.4. The number of aromatic nitrogens is 1. The van der Waals surface area contributed by atoms with E-state index in [4.69, 9.17) is 21.0 Å². The molecule has 6 rings (SSSR count). The molecular weight excluding hydrogens is 564 g/mol. The molecule has 6 aromatic rings. The summed E-state index contributed by atoms with van der Waals surface area (Å²) in [7, 11) is -4.09. The molecule has 0 unspecified atom stereocenters. The number of hydrogen-bond acceptors (Lipinski definition) is 4. The average Bonchev–Trinajstić information content (AvgIpc) is 3.07. The van der Waals surface area contributed by atoms with Crippen LogP contribution in [0.1, 0.15) is 11.1 Å². The van der Waals surface area contributed by atoms with Gasteiger partial charge in [-0.2, -0.15) is 0 Å². The van der Waals surface area contributed by atoms with E-state index in [0.717, 1.165) is 22.1 Å². The van der Waals surface area contributed by atoms with E-state index in [2.05, 4.69) is 0 Å². The van der Waals surface area contributed by atoms with Crippen LogP contribution in [-0.4, -0.2) is 13.4 Å². The first kappa shape index (κ1) is 27.5. The van der Waals surface area contributed by atoms with Crippen LogP contribution in [0.3, 0.4) is 0 Å². The lowest BCUT2D eigenvalue weighted by Gasteiger charge is -2.25. The van der Waals surface area contributed by atoms with E-state index in [-0.39, 0.29) is 17.3 Å². The second-order valence-corrected chi connectivity index (χ2v) is 12.2. The van der Waals surface area contributed by atoms with Gasteiger partial charge < -0.3 is 4.42 Å². The molecule has 0 saturated heterocycles. The molecule has 0 aliphatic carbocycles. The van der Waals surface area contributed by atoms with Gasteiger partial charge in [0.15, 0.2) is 11.4 Å². The maximum Gasteiger partial charge on any atom is 0.265 e. The second-order valence-electron chi connectivity index (χ2n) is 9.92. The Bertz CT molecular complexity index is 2040. The molecule has 0 N–H and O–H groups in total. The molecule has 42 heavy (non-hydrogen) atoms. The van der Waals surface area contributed by atoms with Crippen molar-refractivity contribution in [3.63, 3.8) is 0 Å². The van der Waals surface area contributed by atoms with Crippen molar-refractivity contribution in [3.05, 3.63) is 150 Å². The van der Waals surface area contributed by atoms with Crippen molar-refractivity contribution in [1.82, 2.24) is 4.98 Å². The molecule has 208 valence electrons. The number of rotatable bonds is 6. The fraction of sp³-hybridized carbons (Fsp3) is 0.0571. The van der Waals surface area contributed by atoms with E-state index < -0.39 is 10.0 Å². The zero-order valence-electron chi connectivity index (χ0n) is 22.8. The Morgan fingerprint density at radius 3 is 2.14 bits per heavy atom. The van der Waals surface area contributed by atoms with Crippen LogP contribution in [0.2, 0.25) is 5.02 Å². The van der Waals surface area contributed by atoms with Gasteiger partial charge in [-0.15, -0.1) is 0 Å². The maximum absolute atomic E-state index is 14.6. The van der Waals surface area contributed by atoms with Crippen molar-refractivity contribution in [2.24, 2.45) is 0 Å². The van der Waals surface area contributed by atoms with Crippen molar-refractivity contribution in [1.29, 1.82) is 0 Å². The summed E-state index contributed by atoms with van der Waals surface area (Å²) in [5.41, 5.74) is 4.68. The predicted molar refractivity (Wildman–Crippen MR) is 171 cm³/mol. The maximum atomic E-state index is 14.6. The van der Waals surface area contributed by atoms with Gasteiger partial charge in [-0.3, -0.25) is 0 Å². The Morgan fingerprint density at radius 1 is 0.738 bits per heavy atom. The minimum Gasteiger partial charge on any atom is -0.454 e. The number of fused-ring (bicyclic) bond motifs is 2. The summed E-state index contributed by atoms with van der Waals surface area (Å²) in [6.45, 7) is 1.99. The van der Waals surface area contributed by atoms with Gasteiger partial charge in [0.2, 0.25) is 0 Å². The van der Waals surface area contributed by atoms with Crippen LogP contribution in [0.25, 0.3) is 33.2 Å². The summed E-state index contributed by atoms with van der Waals surface area (Å²) in [6, 6.07) is 40.7.